The van der Waals surface area contributed by atoms with Crippen LogP contribution in [0.15, 0.2) is 42.7 Å². The maximum atomic E-state index is 14.0. The van der Waals surface area contributed by atoms with E-state index in [9.17, 15) is 13.6 Å². The molecule has 0 saturated carbocycles. The minimum absolute atomic E-state index is 0.113. The molecule has 1 aliphatic heterocycles. The Hall–Kier alpha value is -3.36. The quantitative estimate of drug-likeness (QED) is 0.681. The summed E-state index contributed by atoms with van der Waals surface area (Å²) in [4.78, 5) is 24.1. The third-order valence-electron chi connectivity index (χ3n) is 5.31. The number of benzene rings is 1. The van der Waals surface area contributed by atoms with E-state index in [0.29, 0.717) is 47.1 Å². The van der Waals surface area contributed by atoms with Gasteiger partial charge in [-0.1, -0.05) is 18.2 Å². The number of hydrogen-bond donors (Lipinski definition) is 1. The highest BCUT2D eigenvalue weighted by molar-refractivity contribution is 6.08. The van der Waals surface area contributed by atoms with Crippen molar-refractivity contribution in [3.8, 4) is 11.4 Å². The lowest BCUT2D eigenvalue weighted by Crippen LogP contribution is -2.30. The summed E-state index contributed by atoms with van der Waals surface area (Å²) in [5, 5.41) is 7.02. The van der Waals surface area contributed by atoms with E-state index >= 15 is 0 Å². The number of alkyl halides is 2. The van der Waals surface area contributed by atoms with Crippen molar-refractivity contribution >= 4 is 17.4 Å². The van der Waals surface area contributed by atoms with Crippen molar-refractivity contribution in [2.45, 2.75) is 32.1 Å². The average Bonchev–Trinajstić information content (AvgIpc) is 3.08. The predicted molar refractivity (Wildman–Crippen MR) is 114 cm³/mol. The molecule has 162 valence electrons. The summed E-state index contributed by atoms with van der Waals surface area (Å²) >= 11 is 0. The fourth-order valence-corrected chi connectivity index (χ4v) is 3.71. The van der Waals surface area contributed by atoms with Gasteiger partial charge in [-0.25, -0.2) is 18.7 Å². The number of nitrogens with zero attached hydrogens (tertiary/aromatic N) is 5. The Kier molecular flexibility index (Phi) is 5.67. The highest BCUT2D eigenvalue weighted by Gasteiger charge is 2.34. The zero-order valence-corrected chi connectivity index (χ0v) is 17.5. The molecule has 0 unspecified atom stereocenters. The molecule has 1 saturated heterocycles. The number of carbonyl (C=O) groups excluding carboxylic acids is 1. The summed E-state index contributed by atoms with van der Waals surface area (Å²) in [7, 11) is 1.79. The van der Waals surface area contributed by atoms with Crippen molar-refractivity contribution in [2.24, 2.45) is 7.05 Å². The first-order chi connectivity index (χ1) is 14.8. The van der Waals surface area contributed by atoms with Crippen LogP contribution < -0.4 is 10.2 Å². The van der Waals surface area contributed by atoms with Gasteiger partial charge in [-0.05, 0) is 25.5 Å². The predicted octanol–water partition coefficient (Wildman–Crippen LogP) is 4.06. The Morgan fingerprint density at radius 2 is 1.90 bits per heavy atom. The van der Waals surface area contributed by atoms with Gasteiger partial charge in [0.05, 0.1) is 17.5 Å². The molecule has 0 aliphatic carbocycles. The molecule has 0 radical (unpaired) electrons. The van der Waals surface area contributed by atoms with E-state index in [-0.39, 0.29) is 25.3 Å². The van der Waals surface area contributed by atoms with Crippen molar-refractivity contribution in [1.29, 1.82) is 0 Å². The Bertz CT molecular complexity index is 1080. The Morgan fingerprint density at radius 3 is 2.61 bits per heavy atom. The first kappa shape index (κ1) is 20.9. The Labute approximate surface area is 179 Å². The second-order valence-electron chi connectivity index (χ2n) is 7.75. The second-order valence-corrected chi connectivity index (χ2v) is 7.75. The number of hydrogen-bond acceptors (Lipinski definition) is 5. The average molecular weight is 426 g/mol. The molecule has 0 spiro atoms. The molecule has 1 fully saturated rings. The Balaban J connectivity index is 1.76. The molecule has 1 N–H and O–H groups in total. The lowest BCUT2D eigenvalue weighted by Gasteiger charge is -2.25. The molecule has 1 amide bonds. The number of carbonyl (C=O) groups is 1. The van der Waals surface area contributed by atoms with Gasteiger partial charge < -0.3 is 10.2 Å². The van der Waals surface area contributed by atoms with Crippen LogP contribution in [0.25, 0.3) is 11.4 Å². The van der Waals surface area contributed by atoms with Crippen molar-refractivity contribution in [1.82, 2.24) is 19.7 Å². The normalized spacial score (nSPS) is 16.1. The van der Waals surface area contributed by atoms with E-state index in [1.165, 1.54) is 0 Å². The number of amides is 1. The van der Waals surface area contributed by atoms with Crippen LogP contribution >= 0.6 is 0 Å². The maximum Gasteiger partial charge on any atom is 0.261 e. The maximum absolute atomic E-state index is 14.0. The third kappa shape index (κ3) is 4.70. The molecule has 3 aromatic rings. The molecule has 0 bridgehead atoms. The molecule has 7 nitrogen and oxygen atoms in total. The molecule has 3 heterocycles. The number of para-hydroxylation sites is 1. The molecular formula is C22H24F2N6O. The van der Waals surface area contributed by atoms with E-state index < -0.39 is 5.92 Å². The van der Waals surface area contributed by atoms with E-state index in [2.05, 4.69) is 20.4 Å². The number of aryl methyl sites for hydroxylation is 2. The van der Waals surface area contributed by atoms with Crippen molar-refractivity contribution in [3.05, 3.63) is 54.0 Å². The van der Waals surface area contributed by atoms with Crippen molar-refractivity contribution in [3.63, 3.8) is 0 Å². The van der Waals surface area contributed by atoms with E-state index in [0.717, 1.165) is 0 Å². The molecule has 2 aromatic heterocycles. The Morgan fingerprint density at radius 1 is 1.13 bits per heavy atom. The molecule has 1 aliphatic rings. The van der Waals surface area contributed by atoms with Gasteiger partial charge in [0, 0.05) is 44.9 Å². The number of halogens is 2. The van der Waals surface area contributed by atoms with E-state index in [1.54, 1.807) is 48.1 Å². The van der Waals surface area contributed by atoms with Crippen LogP contribution in [0.1, 0.15) is 35.3 Å². The van der Waals surface area contributed by atoms with Gasteiger partial charge in [0.1, 0.15) is 11.4 Å². The topological polar surface area (TPSA) is 75.9 Å². The molecule has 1 aromatic carbocycles. The molecule has 31 heavy (non-hydrogen) atoms. The lowest BCUT2D eigenvalue weighted by molar-refractivity contribution is -0.0102. The first-order valence-electron chi connectivity index (χ1n) is 10.2. The molecule has 9 heteroatoms. The van der Waals surface area contributed by atoms with Gasteiger partial charge in [-0.2, -0.15) is 5.10 Å². The van der Waals surface area contributed by atoms with Crippen LogP contribution in [0, 0.1) is 6.92 Å². The SMILES string of the molecule is Cc1nc(-c2cnn(C)c2)nc(N2CCCC(F)(F)CC2)c1C(=O)Nc1ccccc1. The zero-order chi connectivity index (χ0) is 22.0. The molecular weight excluding hydrogens is 402 g/mol. The fourth-order valence-electron chi connectivity index (χ4n) is 3.71. The van der Waals surface area contributed by atoms with Gasteiger partial charge in [0.25, 0.3) is 5.91 Å². The van der Waals surface area contributed by atoms with Crippen molar-refractivity contribution in [2.75, 3.05) is 23.3 Å². The lowest BCUT2D eigenvalue weighted by atomic mass is 10.1. The first-order valence-corrected chi connectivity index (χ1v) is 10.2. The van der Waals surface area contributed by atoms with Gasteiger partial charge in [0.15, 0.2) is 5.82 Å². The monoisotopic (exact) mass is 426 g/mol. The van der Waals surface area contributed by atoms with Crippen LogP contribution in [0.3, 0.4) is 0 Å². The van der Waals surface area contributed by atoms with Gasteiger partial charge in [0.2, 0.25) is 5.92 Å². The smallest absolute Gasteiger partial charge is 0.261 e. The van der Waals surface area contributed by atoms with Crippen LogP contribution in [-0.2, 0) is 7.05 Å². The minimum atomic E-state index is -2.71. The third-order valence-corrected chi connectivity index (χ3v) is 5.31. The summed E-state index contributed by atoms with van der Waals surface area (Å²) in [6, 6.07) is 9.06. The fraction of sp³-hybridized carbons (Fsp3) is 0.364. The van der Waals surface area contributed by atoms with Gasteiger partial charge in [-0.3, -0.25) is 9.48 Å². The highest BCUT2D eigenvalue weighted by atomic mass is 19.3. The number of aromatic nitrogens is 4. The summed E-state index contributed by atoms with van der Waals surface area (Å²) in [6.45, 7) is 2.24. The van der Waals surface area contributed by atoms with E-state index in [1.807, 2.05) is 18.2 Å². The van der Waals surface area contributed by atoms with Crippen LogP contribution in [0.2, 0.25) is 0 Å². The van der Waals surface area contributed by atoms with E-state index in [4.69, 9.17) is 0 Å². The molecule has 4 rings (SSSR count). The number of nitrogens with one attached hydrogen (secondary N) is 1. The number of rotatable bonds is 4. The second kappa shape index (κ2) is 8.41. The summed E-state index contributed by atoms with van der Waals surface area (Å²) in [5.41, 5.74) is 2.11. The zero-order valence-electron chi connectivity index (χ0n) is 17.5. The highest BCUT2D eigenvalue weighted by Crippen LogP contribution is 2.32. The summed E-state index contributed by atoms with van der Waals surface area (Å²) in [6.07, 6.45) is 3.28. The standard InChI is InChI=1S/C22H24F2N6O/c1-15-18(21(31)27-17-7-4-3-5-8-17)20(30-11-6-9-22(23,24)10-12-30)28-19(26-15)16-13-25-29(2)14-16/h3-5,7-8,13-14H,6,9-12H2,1-2H3,(H,27,31). The number of anilines is 2. The minimum Gasteiger partial charge on any atom is -0.356 e. The van der Waals surface area contributed by atoms with Gasteiger partial charge >= 0.3 is 0 Å². The summed E-state index contributed by atoms with van der Waals surface area (Å²) < 4.78 is 29.6. The van der Waals surface area contributed by atoms with Crippen LogP contribution in [-0.4, -0.2) is 44.7 Å². The largest absolute Gasteiger partial charge is 0.356 e. The van der Waals surface area contributed by atoms with Crippen molar-refractivity contribution < 1.29 is 13.6 Å². The summed E-state index contributed by atoms with van der Waals surface area (Å²) in [5.74, 6) is -2.30. The van der Waals surface area contributed by atoms with Crippen LogP contribution in [0.5, 0.6) is 0 Å². The van der Waals surface area contributed by atoms with Crippen LogP contribution in [0.4, 0.5) is 20.3 Å². The molecule has 0 atom stereocenters. The van der Waals surface area contributed by atoms with Gasteiger partial charge in [-0.15, -0.1) is 0 Å².